The van der Waals surface area contributed by atoms with Gasteiger partial charge < -0.3 is 70.0 Å². The summed E-state index contributed by atoms with van der Waals surface area (Å²) >= 11 is 0. The van der Waals surface area contributed by atoms with Gasteiger partial charge in [0.1, 0.15) is 22.4 Å². The molecule has 3 aliphatic rings. The van der Waals surface area contributed by atoms with Gasteiger partial charge in [-0.25, -0.2) is 19.2 Å². The maximum absolute atomic E-state index is 14.4. The minimum Gasteiger partial charge on any atom is -0.481 e. The van der Waals surface area contributed by atoms with E-state index in [2.05, 4.69) is 21.3 Å². The van der Waals surface area contributed by atoms with E-state index in [-0.39, 0.29) is 117 Å². The second-order valence-corrected chi connectivity index (χ2v) is 21.1. The molecule has 0 saturated carbocycles. The molecule has 0 unspecified atom stereocenters. The normalized spacial score (nSPS) is 20.8. The molecule has 0 aromatic heterocycles. The van der Waals surface area contributed by atoms with Crippen molar-refractivity contribution in [2.24, 2.45) is 0 Å². The lowest BCUT2D eigenvalue weighted by Crippen LogP contribution is -2.70. The van der Waals surface area contributed by atoms with Crippen molar-refractivity contribution in [2.75, 3.05) is 78.5 Å². The SMILES string of the molecule is CC(C)(C)OC(=O)N1CCN(C(=O)OC(C)(C)C)CC2(NC(=O)CCCC(=O)O)CNCCNCC(NC(=O)CCCC(=O)O)(C1)CN(C(=O)OC(C)(C)C)CCN(C(=O)OC(C)(C)C)C2. The van der Waals surface area contributed by atoms with E-state index in [0.717, 1.165) is 0 Å². The van der Waals surface area contributed by atoms with Crippen LogP contribution < -0.4 is 21.3 Å². The summed E-state index contributed by atoms with van der Waals surface area (Å²) in [6.45, 7) is 18.1. The number of aliphatic carboxylic acids is 2. The Hall–Kier alpha value is -5.12. The molecule has 2 bridgehead atoms. The number of fused-ring (bicyclic) bond motifs is 15. The van der Waals surface area contributed by atoms with Crippen LogP contribution in [0, 0.1) is 0 Å². The third-order valence-corrected chi connectivity index (χ3v) is 9.66. The standard InChI is InChI=1S/C44H78N8O14/c1-39(2,3)63-35(59)49-21-22-50(36(60)64-40(4,5)6)29-44(48-32(54)16-14-18-34(57)58)26-46-20-19-45-25-43(27-49,47-31(53)15-13-17-33(55)56)28-51(37(61)65-41(7,8)9)23-24-52(30-44)38(62)66-42(10,11)12/h45-46H,13-30H2,1-12H3,(H,47,53)(H,48,54)(H,55,56)(H,57,58). The second kappa shape index (κ2) is 24.1. The zero-order valence-corrected chi connectivity index (χ0v) is 41.3. The molecule has 0 atom stereocenters. The molecule has 22 heteroatoms. The molecule has 3 heterocycles. The Bertz CT molecular complexity index is 1500. The number of carboxylic acids is 2. The van der Waals surface area contributed by atoms with Crippen LogP contribution in [0.25, 0.3) is 0 Å². The van der Waals surface area contributed by atoms with E-state index in [1.807, 2.05) is 0 Å². The van der Waals surface area contributed by atoms with E-state index in [1.54, 1.807) is 83.1 Å². The first-order valence-electron chi connectivity index (χ1n) is 22.6. The number of rotatable bonds is 10. The third kappa shape index (κ3) is 22.4. The number of carbonyl (C=O) groups is 8. The Morgan fingerprint density at radius 2 is 0.697 bits per heavy atom. The van der Waals surface area contributed by atoms with E-state index in [9.17, 15) is 48.6 Å². The van der Waals surface area contributed by atoms with Crippen LogP contribution in [-0.2, 0) is 38.1 Å². The molecular weight excluding hydrogens is 865 g/mol. The second-order valence-electron chi connectivity index (χ2n) is 21.1. The molecule has 6 amide bonds. The van der Waals surface area contributed by atoms with Crippen molar-refractivity contribution in [3.63, 3.8) is 0 Å². The molecule has 0 aromatic rings. The van der Waals surface area contributed by atoms with Crippen LogP contribution in [0.2, 0.25) is 0 Å². The van der Waals surface area contributed by atoms with Gasteiger partial charge in [-0.3, -0.25) is 19.2 Å². The van der Waals surface area contributed by atoms with Crippen molar-refractivity contribution in [1.29, 1.82) is 0 Å². The summed E-state index contributed by atoms with van der Waals surface area (Å²) in [6, 6.07) is 0. The lowest BCUT2D eigenvalue weighted by atomic mass is 9.94. The zero-order valence-electron chi connectivity index (χ0n) is 41.3. The van der Waals surface area contributed by atoms with Gasteiger partial charge in [0.05, 0.1) is 37.3 Å². The Morgan fingerprint density at radius 1 is 0.455 bits per heavy atom. The van der Waals surface area contributed by atoms with Gasteiger partial charge in [0.15, 0.2) is 0 Å². The summed E-state index contributed by atoms with van der Waals surface area (Å²) in [7, 11) is 0. The first kappa shape index (κ1) is 57.0. The Kier molecular flexibility index (Phi) is 20.8. The summed E-state index contributed by atoms with van der Waals surface area (Å²) in [4.78, 5) is 113. The molecule has 22 nitrogen and oxygen atoms in total. The average molecular weight is 943 g/mol. The van der Waals surface area contributed by atoms with Crippen molar-refractivity contribution < 1.29 is 67.5 Å². The molecule has 3 rings (SSSR count). The minimum absolute atomic E-state index is 0.00625. The van der Waals surface area contributed by atoms with E-state index >= 15 is 0 Å². The van der Waals surface area contributed by atoms with E-state index in [4.69, 9.17) is 18.9 Å². The predicted octanol–water partition coefficient (Wildman–Crippen LogP) is 3.36. The maximum atomic E-state index is 14.4. The summed E-state index contributed by atoms with van der Waals surface area (Å²) in [5, 5.41) is 31.5. The summed E-state index contributed by atoms with van der Waals surface area (Å²) in [5.74, 6) is -3.32. The van der Waals surface area contributed by atoms with Gasteiger partial charge in [0.2, 0.25) is 11.8 Å². The Balaban J connectivity index is 3.11. The average Bonchev–Trinajstić information content (AvgIpc) is 3.11. The smallest absolute Gasteiger partial charge is 0.410 e. The number of ether oxygens (including phenoxy) is 4. The van der Waals surface area contributed by atoms with Gasteiger partial charge >= 0.3 is 36.3 Å². The third-order valence-electron chi connectivity index (χ3n) is 9.66. The first-order valence-corrected chi connectivity index (χ1v) is 22.6. The number of carbonyl (C=O) groups excluding carboxylic acids is 6. The molecule has 6 N–H and O–H groups in total. The van der Waals surface area contributed by atoms with E-state index in [0.29, 0.717) is 0 Å². The summed E-state index contributed by atoms with van der Waals surface area (Å²) < 4.78 is 23.6. The first-order chi connectivity index (χ1) is 30.2. The lowest BCUT2D eigenvalue weighted by molar-refractivity contribution is -0.138. The van der Waals surface area contributed by atoms with Crippen molar-refractivity contribution in [2.45, 2.75) is 155 Å². The number of hydrogen-bond acceptors (Lipinski definition) is 14. The summed E-state index contributed by atoms with van der Waals surface area (Å²) in [5.41, 5.74) is -7.15. The molecule has 0 spiro atoms. The fraction of sp³-hybridized carbons (Fsp3) is 0.818. The largest absolute Gasteiger partial charge is 0.481 e. The van der Waals surface area contributed by atoms with Gasteiger partial charge in [-0.15, -0.1) is 0 Å². The molecule has 3 saturated heterocycles. The molecule has 3 fully saturated rings. The van der Waals surface area contributed by atoms with Crippen molar-refractivity contribution in [3.8, 4) is 0 Å². The fourth-order valence-electron chi connectivity index (χ4n) is 7.11. The van der Waals surface area contributed by atoms with Crippen LogP contribution in [0.4, 0.5) is 19.2 Å². The number of nitrogens with zero attached hydrogens (tertiary/aromatic N) is 4. The maximum Gasteiger partial charge on any atom is 0.410 e. The summed E-state index contributed by atoms with van der Waals surface area (Å²) in [6.07, 6.45) is -4.31. The Labute approximate surface area is 389 Å². The van der Waals surface area contributed by atoms with Gasteiger partial charge in [-0.2, -0.15) is 0 Å². The lowest BCUT2D eigenvalue weighted by Gasteiger charge is -2.46. The highest BCUT2D eigenvalue weighted by Gasteiger charge is 2.45. The highest BCUT2D eigenvalue weighted by molar-refractivity contribution is 5.79. The molecule has 3 aliphatic heterocycles. The minimum atomic E-state index is -1.55. The number of hydrogen-bond donors (Lipinski definition) is 6. The quantitative estimate of drug-likeness (QED) is 0.171. The van der Waals surface area contributed by atoms with Crippen molar-refractivity contribution in [1.82, 2.24) is 40.9 Å². The molecule has 378 valence electrons. The number of amides is 6. The van der Waals surface area contributed by atoms with Crippen LogP contribution in [0.3, 0.4) is 0 Å². The number of nitrogens with one attached hydrogen (secondary N) is 4. The highest BCUT2D eigenvalue weighted by Crippen LogP contribution is 2.23. The molecule has 0 radical (unpaired) electrons. The van der Waals surface area contributed by atoms with Crippen molar-refractivity contribution in [3.05, 3.63) is 0 Å². The van der Waals surface area contributed by atoms with Crippen LogP contribution in [0.15, 0.2) is 0 Å². The highest BCUT2D eigenvalue weighted by atomic mass is 16.6. The topological polar surface area (TPSA) is 275 Å². The van der Waals surface area contributed by atoms with E-state index in [1.165, 1.54) is 19.6 Å². The van der Waals surface area contributed by atoms with Gasteiger partial charge in [-0.1, -0.05) is 0 Å². The van der Waals surface area contributed by atoms with Crippen molar-refractivity contribution >= 4 is 48.1 Å². The zero-order chi connectivity index (χ0) is 50.3. The molecular formula is C44H78N8O14. The van der Waals surface area contributed by atoms with E-state index < -0.39 is 81.6 Å². The predicted molar refractivity (Wildman–Crippen MR) is 242 cm³/mol. The van der Waals surface area contributed by atoms with Gasteiger partial charge in [-0.05, 0) is 95.9 Å². The monoisotopic (exact) mass is 943 g/mol. The van der Waals surface area contributed by atoms with Gasteiger partial charge in [0.25, 0.3) is 0 Å². The van der Waals surface area contributed by atoms with Crippen LogP contribution in [0.5, 0.6) is 0 Å². The molecule has 0 aliphatic carbocycles. The van der Waals surface area contributed by atoms with Crippen LogP contribution in [-0.4, -0.2) is 190 Å². The Morgan fingerprint density at radius 3 is 0.909 bits per heavy atom. The number of carboxylic acid groups (broad SMARTS) is 2. The van der Waals surface area contributed by atoms with Gasteiger partial charge in [0, 0.05) is 78.0 Å². The van der Waals surface area contributed by atoms with Crippen LogP contribution >= 0.6 is 0 Å². The van der Waals surface area contributed by atoms with Crippen LogP contribution in [0.1, 0.15) is 122 Å². The fourth-order valence-corrected chi connectivity index (χ4v) is 7.11. The molecule has 66 heavy (non-hydrogen) atoms. The molecule has 0 aromatic carbocycles.